The van der Waals surface area contributed by atoms with Crippen LogP contribution in [0.15, 0.2) is 47.5 Å². The fraction of sp³-hybridized carbons (Fsp3) is 0.158. The van der Waals surface area contributed by atoms with Crippen LogP contribution in [0.5, 0.6) is 11.5 Å². The second-order valence-electron chi connectivity index (χ2n) is 5.51. The van der Waals surface area contributed by atoms with E-state index in [0.717, 1.165) is 15.8 Å². The van der Waals surface area contributed by atoms with Crippen molar-refractivity contribution in [3.05, 3.63) is 52.8 Å². The van der Waals surface area contributed by atoms with E-state index in [1.807, 2.05) is 47.0 Å². The first-order chi connectivity index (χ1) is 12.2. The molecule has 0 saturated heterocycles. The van der Waals surface area contributed by atoms with Crippen molar-refractivity contribution in [2.75, 3.05) is 6.79 Å². The molecule has 0 fully saturated rings. The predicted molar refractivity (Wildman–Crippen MR) is 95.5 cm³/mol. The molecule has 0 bridgehead atoms. The Morgan fingerprint density at radius 1 is 1.24 bits per heavy atom. The van der Waals surface area contributed by atoms with E-state index < -0.39 is 0 Å². The van der Waals surface area contributed by atoms with Gasteiger partial charge in [-0.05, 0) is 29.8 Å². The molecule has 1 aromatic heterocycles. The molecule has 0 radical (unpaired) electrons. The van der Waals surface area contributed by atoms with Gasteiger partial charge in [-0.3, -0.25) is 4.79 Å². The molecule has 2 aromatic carbocycles. The molecule has 0 unspecified atom stereocenters. The summed E-state index contributed by atoms with van der Waals surface area (Å²) >= 11 is 1.46. The lowest BCUT2D eigenvalue weighted by molar-refractivity contribution is -0.117. The van der Waals surface area contributed by atoms with Gasteiger partial charge >= 0.3 is 0 Å². The Morgan fingerprint density at radius 2 is 2.08 bits per heavy atom. The maximum Gasteiger partial charge on any atom is 0.252 e. The Balaban J connectivity index is 1.66. The third-order valence-electron chi connectivity index (χ3n) is 3.85. The summed E-state index contributed by atoms with van der Waals surface area (Å²) in [6, 6.07) is 13.3. The van der Waals surface area contributed by atoms with Gasteiger partial charge in [0.2, 0.25) is 6.79 Å². The number of nitrogens with zero attached hydrogens (tertiary/aromatic N) is 2. The van der Waals surface area contributed by atoms with Crippen LogP contribution in [0.25, 0.3) is 10.2 Å². The molecule has 0 saturated carbocycles. The quantitative estimate of drug-likeness (QED) is 0.683. The van der Waals surface area contributed by atoms with E-state index in [2.05, 4.69) is 10.9 Å². The number of hydrogen-bond acceptors (Lipinski definition) is 4. The molecule has 3 aromatic rings. The van der Waals surface area contributed by atoms with Gasteiger partial charge in [-0.2, -0.15) is 4.99 Å². The number of carbonyl (C=O) groups excluding carboxylic acids is 1. The highest BCUT2D eigenvalue weighted by Gasteiger charge is 2.14. The zero-order valence-electron chi connectivity index (χ0n) is 13.3. The van der Waals surface area contributed by atoms with Gasteiger partial charge in [0.05, 0.1) is 23.2 Å². The number of hydrogen-bond donors (Lipinski definition) is 0. The normalized spacial score (nSPS) is 13.2. The van der Waals surface area contributed by atoms with Crippen molar-refractivity contribution in [3.8, 4) is 23.8 Å². The summed E-state index contributed by atoms with van der Waals surface area (Å²) in [5, 5.41) is 0. The maximum atomic E-state index is 12.4. The van der Waals surface area contributed by atoms with Gasteiger partial charge in [0, 0.05) is 0 Å². The topological polar surface area (TPSA) is 52.8 Å². The van der Waals surface area contributed by atoms with E-state index in [1.54, 1.807) is 0 Å². The summed E-state index contributed by atoms with van der Waals surface area (Å²) in [5.41, 5.74) is 1.82. The molecule has 0 atom stereocenters. The average Bonchev–Trinajstić information content (AvgIpc) is 3.20. The van der Waals surface area contributed by atoms with Crippen LogP contribution in [0.3, 0.4) is 0 Å². The number of amides is 1. The van der Waals surface area contributed by atoms with Gasteiger partial charge in [-0.25, -0.2) is 0 Å². The third-order valence-corrected chi connectivity index (χ3v) is 4.91. The second kappa shape index (κ2) is 6.46. The van der Waals surface area contributed by atoms with Gasteiger partial charge in [-0.15, -0.1) is 6.42 Å². The minimum Gasteiger partial charge on any atom is -0.454 e. The van der Waals surface area contributed by atoms with Crippen molar-refractivity contribution in [2.24, 2.45) is 4.99 Å². The lowest BCUT2D eigenvalue weighted by atomic mass is 10.1. The summed E-state index contributed by atoms with van der Waals surface area (Å²) < 4.78 is 13.6. The van der Waals surface area contributed by atoms with Gasteiger partial charge < -0.3 is 14.0 Å². The molecular formula is C19H14N2O3S. The standard InChI is InChI=1S/C19H14N2O3S/c1-2-9-21-14-5-3-4-6-17(14)25-19(21)20-18(22)11-13-7-8-15-16(10-13)24-12-23-15/h1,3-8,10H,9,11-12H2. The molecule has 0 aliphatic carbocycles. The van der Waals surface area contributed by atoms with Crippen LogP contribution in [0.2, 0.25) is 0 Å². The fourth-order valence-corrected chi connectivity index (χ4v) is 3.77. The van der Waals surface area contributed by atoms with E-state index in [1.165, 1.54) is 11.3 Å². The largest absolute Gasteiger partial charge is 0.454 e. The molecule has 5 nitrogen and oxygen atoms in total. The third kappa shape index (κ3) is 3.02. The molecule has 4 rings (SSSR count). The molecule has 1 amide bonds. The Labute approximate surface area is 148 Å². The summed E-state index contributed by atoms with van der Waals surface area (Å²) in [6.07, 6.45) is 5.66. The van der Waals surface area contributed by atoms with E-state index >= 15 is 0 Å². The van der Waals surface area contributed by atoms with Crippen molar-refractivity contribution in [3.63, 3.8) is 0 Å². The molecule has 0 N–H and O–H groups in total. The van der Waals surface area contributed by atoms with E-state index in [-0.39, 0.29) is 19.1 Å². The van der Waals surface area contributed by atoms with Crippen molar-refractivity contribution >= 4 is 27.5 Å². The molecule has 1 aliphatic heterocycles. The Kier molecular flexibility index (Phi) is 4.00. The predicted octanol–water partition coefficient (Wildman–Crippen LogP) is 2.73. The number of benzene rings is 2. The van der Waals surface area contributed by atoms with Crippen LogP contribution >= 0.6 is 11.3 Å². The maximum absolute atomic E-state index is 12.4. The SMILES string of the molecule is C#CCn1c(=NC(=O)Cc2ccc3c(c2)OCO3)sc2ccccc21. The number of terminal acetylenes is 1. The first kappa shape index (κ1) is 15.5. The van der Waals surface area contributed by atoms with Crippen molar-refractivity contribution in [1.82, 2.24) is 4.57 Å². The highest BCUT2D eigenvalue weighted by atomic mass is 32.1. The fourth-order valence-electron chi connectivity index (χ4n) is 2.72. The Morgan fingerprint density at radius 3 is 2.96 bits per heavy atom. The minimum absolute atomic E-state index is 0.195. The Hall–Kier alpha value is -3.04. The molecule has 1 aliphatic rings. The van der Waals surface area contributed by atoms with Gasteiger partial charge in [0.1, 0.15) is 0 Å². The van der Waals surface area contributed by atoms with Crippen LogP contribution in [-0.2, 0) is 17.8 Å². The molecule has 25 heavy (non-hydrogen) atoms. The van der Waals surface area contributed by atoms with Crippen molar-refractivity contribution < 1.29 is 14.3 Å². The van der Waals surface area contributed by atoms with Gasteiger partial charge in [-0.1, -0.05) is 35.5 Å². The summed E-state index contributed by atoms with van der Waals surface area (Å²) in [5.74, 6) is 3.76. The number of rotatable bonds is 3. The highest BCUT2D eigenvalue weighted by Crippen LogP contribution is 2.32. The number of fused-ring (bicyclic) bond motifs is 2. The molecular weight excluding hydrogens is 336 g/mol. The number of ether oxygens (including phenoxy) is 2. The van der Waals surface area contributed by atoms with Crippen LogP contribution < -0.4 is 14.3 Å². The lowest BCUT2D eigenvalue weighted by Gasteiger charge is -2.01. The van der Waals surface area contributed by atoms with Crippen molar-refractivity contribution in [1.29, 1.82) is 0 Å². The van der Waals surface area contributed by atoms with Gasteiger partial charge in [0.15, 0.2) is 16.3 Å². The number of aromatic nitrogens is 1. The van der Waals surface area contributed by atoms with Crippen LogP contribution in [0, 0.1) is 12.3 Å². The summed E-state index contributed by atoms with van der Waals surface area (Å²) in [4.78, 5) is 17.3. The summed E-state index contributed by atoms with van der Waals surface area (Å²) in [7, 11) is 0. The van der Waals surface area contributed by atoms with E-state index in [4.69, 9.17) is 15.9 Å². The minimum atomic E-state index is -0.226. The van der Waals surface area contributed by atoms with Crippen molar-refractivity contribution in [2.45, 2.75) is 13.0 Å². The van der Waals surface area contributed by atoms with Crippen LogP contribution in [-0.4, -0.2) is 17.3 Å². The highest BCUT2D eigenvalue weighted by molar-refractivity contribution is 7.16. The number of thiazole rings is 1. The van der Waals surface area contributed by atoms with Crippen LogP contribution in [0.1, 0.15) is 5.56 Å². The second-order valence-corrected chi connectivity index (χ2v) is 6.52. The zero-order chi connectivity index (χ0) is 17.2. The first-order valence-electron chi connectivity index (χ1n) is 7.72. The monoisotopic (exact) mass is 350 g/mol. The zero-order valence-corrected chi connectivity index (χ0v) is 14.1. The smallest absolute Gasteiger partial charge is 0.252 e. The molecule has 0 spiro atoms. The number of carbonyl (C=O) groups is 1. The lowest BCUT2D eigenvalue weighted by Crippen LogP contribution is -2.17. The van der Waals surface area contributed by atoms with E-state index in [0.29, 0.717) is 22.8 Å². The van der Waals surface area contributed by atoms with E-state index in [9.17, 15) is 4.79 Å². The molecule has 2 heterocycles. The molecule has 6 heteroatoms. The average molecular weight is 350 g/mol. The van der Waals surface area contributed by atoms with Gasteiger partial charge in [0.25, 0.3) is 5.91 Å². The summed E-state index contributed by atoms with van der Waals surface area (Å²) in [6.45, 7) is 0.588. The Bertz CT molecular complexity index is 1070. The molecule has 124 valence electrons. The first-order valence-corrected chi connectivity index (χ1v) is 8.54. The number of para-hydroxylation sites is 1. The van der Waals surface area contributed by atoms with Crippen LogP contribution in [0.4, 0.5) is 0 Å².